The Kier molecular flexibility index (Phi) is 2.43. The molecular weight excluding hydrogens is 154 g/mol. The molecule has 0 bridgehead atoms. The molecule has 64 valence electrons. The Morgan fingerprint density at radius 3 is 2.75 bits per heavy atom. The largest absolute Gasteiger partial charge is 0.481 e. The van der Waals surface area contributed by atoms with E-state index < -0.39 is 5.97 Å². The number of aliphatic carboxylic acids is 1. The first-order valence-electron chi connectivity index (χ1n) is 3.73. The predicted molar refractivity (Wildman–Crippen MR) is 45.1 cm³/mol. The van der Waals surface area contributed by atoms with Gasteiger partial charge in [-0.05, 0) is 25.0 Å². The first-order valence-corrected chi connectivity index (χ1v) is 3.73. The van der Waals surface area contributed by atoms with Gasteiger partial charge in [-0.3, -0.25) is 9.78 Å². The zero-order valence-corrected chi connectivity index (χ0v) is 7.16. The number of aromatic nitrogens is 1. The highest BCUT2D eigenvalue weighted by Gasteiger charge is 2.01. The van der Waals surface area contributed by atoms with E-state index in [0.29, 0.717) is 0 Å². The zero-order valence-electron chi connectivity index (χ0n) is 7.16. The molecule has 0 radical (unpaired) electrons. The topological polar surface area (TPSA) is 50.2 Å². The average molecular weight is 165 g/mol. The summed E-state index contributed by atoms with van der Waals surface area (Å²) in [5.74, 6) is -0.819. The molecule has 0 spiro atoms. The van der Waals surface area contributed by atoms with Crippen LogP contribution in [0.15, 0.2) is 12.3 Å². The molecule has 0 aliphatic rings. The minimum absolute atomic E-state index is 0.0497. The van der Waals surface area contributed by atoms with E-state index in [2.05, 4.69) is 4.98 Å². The molecule has 12 heavy (non-hydrogen) atoms. The molecule has 0 unspecified atom stereocenters. The summed E-state index contributed by atoms with van der Waals surface area (Å²) >= 11 is 0. The third kappa shape index (κ3) is 2.05. The molecule has 3 heteroatoms. The van der Waals surface area contributed by atoms with Gasteiger partial charge in [-0.2, -0.15) is 0 Å². The molecule has 0 saturated heterocycles. The lowest BCUT2D eigenvalue weighted by Gasteiger charge is -2.00. The summed E-state index contributed by atoms with van der Waals surface area (Å²) in [6, 6.07) is 1.86. The van der Waals surface area contributed by atoms with Gasteiger partial charge in [0, 0.05) is 11.9 Å². The molecule has 0 aromatic carbocycles. The number of rotatable bonds is 2. The highest BCUT2D eigenvalue weighted by Crippen LogP contribution is 2.06. The molecule has 1 heterocycles. The Morgan fingerprint density at radius 2 is 2.25 bits per heavy atom. The summed E-state index contributed by atoms with van der Waals surface area (Å²) in [5, 5.41) is 8.50. The number of carboxylic acids is 1. The van der Waals surface area contributed by atoms with Crippen LogP contribution in [0.5, 0.6) is 0 Å². The Balaban J connectivity index is 2.89. The van der Waals surface area contributed by atoms with Gasteiger partial charge in [0.25, 0.3) is 0 Å². The number of pyridine rings is 1. The maximum Gasteiger partial charge on any atom is 0.307 e. The molecule has 1 N–H and O–H groups in total. The summed E-state index contributed by atoms with van der Waals surface area (Å²) in [7, 11) is 0. The number of carbonyl (C=O) groups is 1. The Hall–Kier alpha value is -1.38. The van der Waals surface area contributed by atoms with Crippen molar-refractivity contribution in [1.82, 2.24) is 4.98 Å². The van der Waals surface area contributed by atoms with Gasteiger partial charge in [-0.15, -0.1) is 0 Å². The second-order valence-electron chi connectivity index (χ2n) is 2.82. The first-order chi connectivity index (χ1) is 5.59. The van der Waals surface area contributed by atoms with Gasteiger partial charge >= 0.3 is 5.97 Å². The van der Waals surface area contributed by atoms with E-state index in [4.69, 9.17) is 5.11 Å². The summed E-state index contributed by atoms with van der Waals surface area (Å²) in [6.07, 6.45) is 1.66. The third-order valence-electron chi connectivity index (χ3n) is 1.75. The van der Waals surface area contributed by atoms with Gasteiger partial charge in [-0.25, -0.2) is 0 Å². The van der Waals surface area contributed by atoms with Crippen LogP contribution in [0.25, 0.3) is 0 Å². The summed E-state index contributed by atoms with van der Waals surface area (Å²) in [6.45, 7) is 3.83. The van der Waals surface area contributed by atoms with Gasteiger partial charge in [0.1, 0.15) is 0 Å². The van der Waals surface area contributed by atoms with Crippen molar-refractivity contribution in [2.45, 2.75) is 20.3 Å². The van der Waals surface area contributed by atoms with Crippen molar-refractivity contribution in [1.29, 1.82) is 0 Å². The lowest BCUT2D eigenvalue weighted by atomic mass is 10.1. The standard InChI is InChI=1S/C9H11NO2/c1-6-3-8(4-9(11)12)5-10-7(6)2/h3,5H,4H2,1-2H3,(H,11,12). The van der Waals surface area contributed by atoms with Crippen molar-refractivity contribution in [3.8, 4) is 0 Å². The van der Waals surface area contributed by atoms with Crippen LogP contribution in [0, 0.1) is 13.8 Å². The average Bonchev–Trinajstić information content (AvgIpc) is 1.96. The Morgan fingerprint density at radius 1 is 1.58 bits per heavy atom. The first kappa shape index (κ1) is 8.71. The fraction of sp³-hybridized carbons (Fsp3) is 0.333. The van der Waals surface area contributed by atoms with Crippen molar-refractivity contribution in [3.05, 3.63) is 29.1 Å². The monoisotopic (exact) mass is 165 g/mol. The molecule has 1 rings (SSSR count). The Labute approximate surface area is 71.1 Å². The molecule has 0 amide bonds. The lowest BCUT2D eigenvalue weighted by molar-refractivity contribution is -0.136. The Bertz CT molecular complexity index is 307. The van der Waals surface area contributed by atoms with Gasteiger partial charge in [0.2, 0.25) is 0 Å². The van der Waals surface area contributed by atoms with Crippen LogP contribution >= 0.6 is 0 Å². The summed E-state index contributed by atoms with van der Waals surface area (Å²) in [5.41, 5.74) is 2.74. The van der Waals surface area contributed by atoms with Crippen molar-refractivity contribution < 1.29 is 9.90 Å². The summed E-state index contributed by atoms with van der Waals surface area (Å²) in [4.78, 5) is 14.4. The third-order valence-corrected chi connectivity index (χ3v) is 1.75. The van der Waals surface area contributed by atoms with E-state index in [9.17, 15) is 4.79 Å². The van der Waals surface area contributed by atoms with E-state index in [1.807, 2.05) is 19.9 Å². The van der Waals surface area contributed by atoms with Gasteiger partial charge in [0.15, 0.2) is 0 Å². The van der Waals surface area contributed by atoms with Crippen molar-refractivity contribution in [2.24, 2.45) is 0 Å². The normalized spacial score (nSPS) is 9.83. The number of hydrogen-bond donors (Lipinski definition) is 1. The number of carboxylic acid groups (broad SMARTS) is 1. The molecule has 0 aliphatic carbocycles. The van der Waals surface area contributed by atoms with Crippen molar-refractivity contribution >= 4 is 5.97 Å². The number of hydrogen-bond acceptors (Lipinski definition) is 2. The van der Waals surface area contributed by atoms with E-state index in [1.165, 1.54) is 0 Å². The van der Waals surface area contributed by atoms with E-state index in [1.54, 1.807) is 6.20 Å². The molecule has 0 fully saturated rings. The minimum Gasteiger partial charge on any atom is -0.481 e. The molecule has 0 saturated carbocycles. The lowest BCUT2D eigenvalue weighted by Crippen LogP contribution is -2.01. The summed E-state index contributed by atoms with van der Waals surface area (Å²) < 4.78 is 0. The van der Waals surface area contributed by atoms with E-state index in [-0.39, 0.29) is 6.42 Å². The van der Waals surface area contributed by atoms with E-state index >= 15 is 0 Å². The predicted octanol–water partition coefficient (Wildman–Crippen LogP) is 1.33. The molecular formula is C9H11NO2. The van der Waals surface area contributed by atoms with Crippen LogP contribution in [0.4, 0.5) is 0 Å². The van der Waals surface area contributed by atoms with Gasteiger partial charge < -0.3 is 5.11 Å². The van der Waals surface area contributed by atoms with Crippen molar-refractivity contribution in [3.63, 3.8) is 0 Å². The van der Waals surface area contributed by atoms with Crippen LogP contribution in [0.2, 0.25) is 0 Å². The molecule has 0 atom stereocenters. The van der Waals surface area contributed by atoms with Crippen LogP contribution in [0.1, 0.15) is 16.8 Å². The van der Waals surface area contributed by atoms with Crippen LogP contribution in [0.3, 0.4) is 0 Å². The number of aryl methyl sites for hydroxylation is 2. The molecule has 0 aliphatic heterocycles. The zero-order chi connectivity index (χ0) is 9.14. The highest BCUT2D eigenvalue weighted by molar-refractivity contribution is 5.70. The fourth-order valence-electron chi connectivity index (χ4n) is 0.973. The number of nitrogens with zero attached hydrogens (tertiary/aromatic N) is 1. The van der Waals surface area contributed by atoms with Crippen molar-refractivity contribution in [2.75, 3.05) is 0 Å². The molecule has 1 aromatic heterocycles. The maximum absolute atomic E-state index is 10.3. The fourth-order valence-corrected chi connectivity index (χ4v) is 0.973. The highest BCUT2D eigenvalue weighted by atomic mass is 16.4. The minimum atomic E-state index is -0.819. The van der Waals surface area contributed by atoms with E-state index in [0.717, 1.165) is 16.8 Å². The van der Waals surface area contributed by atoms with Gasteiger partial charge in [-0.1, -0.05) is 6.07 Å². The van der Waals surface area contributed by atoms with Gasteiger partial charge in [0.05, 0.1) is 6.42 Å². The molecule has 1 aromatic rings. The molecule has 3 nitrogen and oxygen atoms in total. The smallest absolute Gasteiger partial charge is 0.307 e. The maximum atomic E-state index is 10.3. The quantitative estimate of drug-likeness (QED) is 0.719. The van der Waals surface area contributed by atoms with Crippen LogP contribution in [-0.2, 0) is 11.2 Å². The van der Waals surface area contributed by atoms with Crippen LogP contribution in [-0.4, -0.2) is 16.1 Å². The second kappa shape index (κ2) is 3.34. The van der Waals surface area contributed by atoms with Crippen LogP contribution < -0.4 is 0 Å². The second-order valence-corrected chi connectivity index (χ2v) is 2.82. The SMILES string of the molecule is Cc1cc(CC(=O)O)cnc1C.